The molecule has 4 rings (SSSR count). The lowest BCUT2D eigenvalue weighted by atomic mass is 10.1. The summed E-state index contributed by atoms with van der Waals surface area (Å²) in [4.78, 5) is 23.5. The van der Waals surface area contributed by atoms with Gasteiger partial charge in [0.15, 0.2) is 5.69 Å². The highest BCUT2D eigenvalue weighted by atomic mass is 35.5. The van der Waals surface area contributed by atoms with E-state index in [1.165, 1.54) is 24.4 Å². The van der Waals surface area contributed by atoms with Crippen molar-refractivity contribution in [1.29, 1.82) is 0 Å². The van der Waals surface area contributed by atoms with Crippen molar-refractivity contribution in [2.24, 2.45) is 0 Å². The Balaban J connectivity index is 1.64. The zero-order chi connectivity index (χ0) is 22.8. The second-order valence-electron chi connectivity index (χ2n) is 7.80. The number of piperidine rings is 1. The third kappa shape index (κ3) is 4.51. The average molecular weight is 456 g/mol. The Morgan fingerprint density at radius 3 is 2.94 bits per heavy atom. The fourth-order valence-electron chi connectivity index (χ4n) is 3.76. The highest BCUT2D eigenvalue weighted by Crippen LogP contribution is 2.30. The molecule has 1 amide bonds. The standard InChI is InChI=1S/C23H23ClFN5O2/c1-13-9-17(25)15(10-16(13)24)19-5-4-18(26)22(28-19)23(32)29-20-11-27-7-6-21(20)30-8-2-3-14(31)12-30/h4-7,9-11,14,31H,2-3,8,12,26H2,1H3,(H,29,32). The third-order valence-electron chi connectivity index (χ3n) is 5.45. The summed E-state index contributed by atoms with van der Waals surface area (Å²) in [6.07, 6.45) is 4.33. The summed E-state index contributed by atoms with van der Waals surface area (Å²) < 4.78 is 14.5. The van der Waals surface area contributed by atoms with Crippen molar-refractivity contribution in [2.45, 2.75) is 25.9 Å². The Bertz CT molecular complexity index is 1170. The monoisotopic (exact) mass is 455 g/mol. The zero-order valence-corrected chi connectivity index (χ0v) is 18.2. The van der Waals surface area contributed by atoms with Gasteiger partial charge in [-0.1, -0.05) is 11.6 Å². The quantitative estimate of drug-likeness (QED) is 0.548. The van der Waals surface area contributed by atoms with E-state index in [2.05, 4.69) is 15.3 Å². The Morgan fingerprint density at radius 1 is 1.34 bits per heavy atom. The minimum atomic E-state index is -0.547. The fourth-order valence-corrected chi connectivity index (χ4v) is 3.92. The predicted octanol–water partition coefficient (Wildman–Crippen LogP) is 4.04. The molecule has 32 heavy (non-hydrogen) atoms. The van der Waals surface area contributed by atoms with Crippen molar-refractivity contribution < 1.29 is 14.3 Å². The summed E-state index contributed by atoms with van der Waals surface area (Å²) in [5, 5.41) is 13.2. The van der Waals surface area contributed by atoms with Gasteiger partial charge in [0.1, 0.15) is 5.82 Å². The number of anilines is 3. The maximum atomic E-state index is 14.5. The number of nitrogens with two attached hydrogens (primary N) is 1. The molecule has 4 N–H and O–H groups in total. The maximum absolute atomic E-state index is 14.5. The number of β-amino-alcohol motifs (C(OH)–C–C–N with tert-alkyl or cyclic N) is 1. The second-order valence-corrected chi connectivity index (χ2v) is 8.21. The van der Waals surface area contributed by atoms with Crippen LogP contribution in [0, 0.1) is 12.7 Å². The molecule has 1 aliphatic heterocycles. The maximum Gasteiger partial charge on any atom is 0.276 e. The number of rotatable bonds is 4. The molecule has 1 aromatic carbocycles. The predicted molar refractivity (Wildman–Crippen MR) is 123 cm³/mol. The number of carbonyl (C=O) groups is 1. The first-order valence-corrected chi connectivity index (χ1v) is 10.6. The number of aliphatic hydroxyl groups excluding tert-OH is 1. The van der Waals surface area contributed by atoms with Crippen molar-refractivity contribution in [2.75, 3.05) is 29.0 Å². The van der Waals surface area contributed by atoms with Gasteiger partial charge >= 0.3 is 0 Å². The van der Waals surface area contributed by atoms with Crippen LogP contribution < -0.4 is 16.0 Å². The third-order valence-corrected chi connectivity index (χ3v) is 5.86. The summed E-state index contributed by atoms with van der Waals surface area (Å²) in [7, 11) is 0. The number of aryl methyl sites for hydroxylation is 1. The Hall–Kier alpha value is -3.23. The highest BCUT2D eigenvalue weighted by molar-refractivity contribution is 6.31. The molecule has 166 valence electrons. The van der Waals surface area contributed by atoms with Gasteiger partial charge in [-0.3, -0.25) is 9.78 Å². The minimum Gasteiger partial charge on any atom is -0.397 e. The van der Waals surface area contributed by atoms with E-state index in [0.29, 0.717) is 22.8 Å². The molecule has 0 radical (unpaired) electrons. The number of hydrogen-bond acceptors (Lipinski definition) is 6. The van der Waals surface area contributed by atoms with E-state index in [-0.39, 0.29) is 22.6 Å². The molecule has 0 saturated carbocycles. The molecule has 1 fully saturated rings. The molecule has 1 saturated heterocycles. The molecule has 7 nitrogen and oxygen atoms in total. The molecule has 1 aliphatic rings. The molecule has 0 bridgehead atoms. The largest absolute Gasteiger partial charge is 0.397 e. The van der Waals surface area contributed by atoms with Gasteiger partial charge in [0.05, 0.1) is 35.1 Å². The van der Waals surface area contributed by atoms with E-state index in [9.17, 15) is 14.3 Å². The van der Waals surface area contributed by atoms with Gasteiger partial charge < -0.3 is 21.1 Å². The number of pyridine rings is 2. The number of hydrogen-bond donors (Lipinski definition) is 3. The van der Waals surface area contributed by atoms with Crippen molar-refractivity contribution >= 4 is 34.6 Å². The summed E-state index contributed by atoms with van der Waals surface area (Å²) in [6.45, 7) is 2.93. The van der Waals surface area contributed by atoms with Crippen molar-refractivity contribution in [3.63, 3.8) is 0 Å². The molecular formula is C23H23ClFN5O2. The number of benzene rings is 1. The van der Waals surface area contributed by atoms with E-state index >= 15 is 0 Å². The number of aliphatic hydroxyl groups is 1. The first-order chi connectivity index (χ1) is 15.3. The molecule has 9 heteroatoms. The minimum absolute atomic E-state index is 0.0351. The average Bonchev–Trinajstić information content (AvgIpc) is 2.77. The highest BCUT2D eigenvalue weighted by Gasteiger charge is 2.22. The second kappa shape index (κ2) is 9.10. The molecular weight excluding hydrogens is 433 g/mol. The van der Waals surface area contributed by atoms with Gasteiger partial charge in [-0.05, 0) is 55.7 Å². The molecule has 3 heterocycles. The Kier molecular flexibility index (Phi) is 6.25. The number of halogens is 2. The molecule has 1 atom stereocenters. The van der Waals surface area contributed by atoms with Crippen LogP contribution in [-0.2, 0) is 0 Å². The van der Waals surface area contributed by atoms with Crippen LogP contribution in [0.4, 0.5) is 21.5 Å². The summed E-state index contributed by atoms with van der Waals surface area (Å²) in [5.74, 6) is -1.04. The van der Waals surface area contributed by atoms with Gasteiger partial charge in [-0.2, -0.15) is 0 Å². The van der Waals surface area contributed by atoms with Crippen LogP contribution in [0.3, 0.4) is 0 Å². The normalized spacial score (nSPS) is 16.1. The van der Waals surface area contributed by atoms with Gasteiger partial charge in [0, 0.05) is 29.9 Å². The van der Waals surface area contributed by atoms with Crippen molar-refractivity contribution in [1.82, 2.24) is 9.97 Å². The summed E-state index contributed by atoms with van der Waals surface area (Å²) >= 11 is 6.15. The summed E-state index contributed by atoms with van der Waals surface area (Å²) in [6, 6.07) is 7.64. The fraction of sp³-hybridized carbons (Fsp3) is 0.261. The van der Waals surface area contributed by atoms with E-state index in [1.807, 2.05) is 4.90 Å². The van der Waals surface area contributed by atoms with Crippen LogP contribution in [-0.4, -0.2) is 40.2 Å². The van der Waals surface area contributed by atoms with Crippen LogP contribution in [0.2, 0.25) is 5.02 Å². The molecule has 2 aromatic heterocycles. The number of nitrogens with zero attached hydrogens (tertiary/aromatic N) is 3. The lowest BCUT2D eigenvalue weighted by Crippen LogP contribution is -2.38. The van der Waals surface area contributed by atoms with E-state index < -0.39 is 17.8 Å². The smallest absolute Gasteiger partial charge is 0.276 e. The number of aromatic nitrogens is 2. The van der Waals surface area contributed by atoms with E-state index in [1.54, 1.807) is 25.3 Å². The molecule has 3 aromatic rings. The molecule has 1 unspecified atom stereocenters. The van der Waals surface area contributed by atoms with Gasteiger partial charge in [0.25, 0.3) is 5.91 Å². The van der Waals surface area contributed by atoms with Gasteiger partial charge in [0.2, 0.25) is 0 Å². The first-order valence-electron chi connectivity index (χ1n) is 10.2. The molecule has 0 aliphatic carbocycles. The van der Waals surface area contributed by atoms with E-state index in [0.717, 1.165) is 25.1 Å². The topological polar surface area (TPSA) is 104 Å². The summed E-state index contributed by atoms with van der Waals surface area (Å²) in [5.41, 5.74) is 8.38. The SMILES string of the molecule is Cc1cc(F)c(-c2ccc(N)c(C(=O)Nc3cnccc3N3CCCC(O)C3)n2)cc1Cl. The first kappa shape index (κ1) is 22.0. The number of carbonyl (C=O) groups excluding carboxylic acids is 1. The van der Waals surface area contributed by atoms with Crippen LogP contribution in [0.15, 0.2) is 42.7 Å². The molecule has 0 spiro atoms. The van der Waals surface area contributed by atoms with E-state index in [4.69, 9.17) is 17.3 Å². The number of nitrogens with one attached hydrogen (secondary N) is 1. The number of amides is 1. The van der Waals surface area contributed by atoms with Gasteiger partial charge in [-0.15, -0.1) is 0 Å². The van der Waals surface area contributed by atoms with Crippen molar-refractivity contribution in [3.8, 4) is 11.3 Å². The van der Waals surface area contributed by atoms with Crippen molar-refractivity contribution in [3.05, 3.63) is 64.8 Å². The van der Waals surface area contributed by atoms with Crippen LogP contribution >= 0.6 is 11.6 Å². The Labute approximate surface area is 190 Å². The lowest BCUT2D eigenvalue weighted by molar-refractivity contribution is 0.102. The number of nitrogen functional groups attached to an aromatic ring is 1. The Morgan fingerprint density at radius 2 is 2.16 bits per heavy atom. The van der Waals surface area contributed by atoms with Crippen LogP contribution in [0.25, 0.3) is 11.3 Å². The lowest BCUT2D eigenvalue weighted by Gasteiger charge is -2.33. The zero-order valence-electron chi connectivity index (χ0n) is 17.5. The van der Waals surface area contributed by atoms with Crippen LogP contribution in [0.1, 0.15) is 28.9 Å². The van der Waals surface area contributed by atoms with Crippen LogP contribution in [0.5, 0.6) is 0 Å². The van der Waals surface area contributed by atoms with Gasteiger partial charge in [-0.25, -0.2) is 9.37 Å².